The summed E-state index contributed by atoms with van der Waals surface area (Å²) in [5.41, 5.74) is 0. The van der Waals surface area contributed by atoms with Crippen LogP contribution in [0.4, 0.5) is 0 Å². The third kappa shape index (κ3) is 4.14. The number of rotatable bonds is 6. The number of nitrogens with zero attached hydrogens (tertiary/aromatic N) is 4. The number of carbonyl (C=O) groups excluding carboxylic acids is 1. The molecule has 2 aromatic rings. The lowest BCUT2D eigenvalue weighted by Crippen LogP contribution is -2.37. The average Bonchev–Trinajstić information content (AvgIpc) is 3.31. The van der Waals surface area contributed by atoms with E-state index in [2.05, 4.69) is 37.2 Å². The molecule has 26 heavy (non-hydrogen) atoms. The van der Waals surface area contributed by atoms with Crippen molar-refractivity contribution in [3.8, 4) is 0 Å². The van der Waals surface area contributed by atoms with E-state index in [4.69, 9.17) is 0 Å². The number of likely N-dealkylation sites (tertiary alicyclic amines) is 1. The van der Waals surface area contributed by atoms with Gasteiger partial charge in [-0.2, -0.15) is 0 Å². The second kappa shape index (κ2) is 8.13. The van der Waals surface area contributed by atoms with E-state index in [1.807, 2.05) is 6.92 Å². The van der Waals surface area contributed by atoms with Gasteiger partial charge in [0, 0.05) is 30.4 Å². The third-order valence-corrected chi connectivity index (χ3v) is 7.03. The zero-order chi connectivity index (χ0) is 17.9. The third-order valence-electron chi connectivity index (χ3n) is 5.11. The molecule has 1 aliphatic carbocycles. The van der Waals surface area contributed by atoms with Gasteiger partial charge < -0.3 is 9.47 Å². The van der Waals surface area contributed by atoms with Crippen LogP contribution in [0.1, 0.15) is 62.2 Å². The monoisotopic (exact) mass is 390 g/mol. The molecule has 5 nitrogen and oxygen atoms in total. The summed E-state index contributed by atoms with van der Waals surface area (Å²) >= 11 is 3.34. The van der Waals surface area contributed by atoms with E-state index in [0.29, 0.717) is 6.04 Å². The maximum absolute atomic E-state index is 12.9. The molecule has 1 amide bonds. The van der Waals surface area contributed by atoms with Crippen molar-refractivity contribution in [1.29, 1.82) is 0 Å². The van der Waals surface area contributed by atoms with Gasteiger partial charge in [-0.1, -0.05) is 30.7 Å². The summed E-state index contributed by atoms with van der Waals surface area (Å²) in [6.45, 7) is 3.83. The lowest BCUT2D eigenvalue weighted by molar-refractivity contribution is -0.130. The Morgan fingerprint density at radius 2 is 2.04 bits per heavy atom. The van der Waals surface area contributed by atoms with Crippen molar-refractivity contribution in [3.63, 3.8) is 0 Å². The number of thiophene rings is 1. The Morgan fingerprint density at radius 1 is 1.27 bits per heavy atom. The first-order valence-electron chi connectivity index (χ1n) is 9.64. The summed E-state index contributed by atoms with van der Waals surface area (Å²) in [7, 11) is 0. The number of amides is 1. The second-order valence-corrected chi connectivity index (χ2v) is 9.60. The molecule has 2 aromatic heterocycles. The summed E-state index contributed by atoms with van der Waals surface area (Å²) in [5, 5.41) is 11.8. The van der Waals surface area contributed by atoms with Gasteiger partial charge in [-0.15, -0.1) is 21.5 Å². The predicted molar refractivity (Wildman–Crippen MR) is 106 cm³/mol. The molecule has 2 fully saturated rings. The average molecular weight is 391 g/mol. The van der Waals surface area contributed by atoms with E-state index in [0.717, 1.165) is 43.3 Å². The van der Waals surface area contributed by atoms with Gasteiger partial charge in [0.2, 0.25) is 5.91 Å². The molecular formula is C19H26N4OS2. The SMILES string of the molecule is C[C@H](Sc1nnc(Cc2cccs2)n1C1CC1)C(=O)N1CCCCCC1. The topological polar surface area (TPSA) is 51.0 Å². The van der Waals surface area contributed by atoms with Gasteiger partial charge >= 0.3 is 0 Å². The fourth-order valence-corrected chi connectivity index (χ4v) is 5.26. The molecule has 0 spiro atoms. The zero-order valence-corrected chi connectivity index (χ0v) is 16.9. The van der Waals surface area contributed by atoms with Crippen LogP contribution in [0.15, 0.2) is 22.7 Å². The minimum absolute atomic E-state index is 0.107. The highest BCUT2D eigenvalue weighted by molar-refractivity contribution is 8.00. The molecule has 0 aromatic carbocycles. The van der Waals surface area contributed by atoms with Crippen LogP contribution in [0.5, 0.6) is 0 Å². The molecule has 1 saturated heterocycles. The van der Waals surface area contributed by atoms with Crippen molar-refractivity contribution in [2.24, 2.45) is 0 Å². The Balaban J connectivity index is 1.47. The highest BCUT2D eigenvalue weighted by atomic mass is 32.2. The molecule has 1 saturated carbocycles. The first kappa shape index (κ1) is 18.0. The van der Waals surface area contributed by atoms with Gasteiger partial charge in [0.15, 0.2) is 5.16 Å². The molecule has 7 heteroatoms. The minimum Gasteiger partial charge on any atom is -0.342 e. The Labute approximate surface area is 163 Å². The van der Waals surface area contributed by atoms with E-state index in [1.54, 1.807) is 23.1 Å². The largest absolute Gasteiger partial charge is 0.342 e. The van der Waals surface area contributed by atoms with Crippen molar-refractivity contribution in [2.45, 2.75) is 68.3 Å². The maximum atomic E-state index is 12.9. The van der Waals surface area contributed by atoms with Crippen LogP contribution in [0.2, 0.25) is 0 Å². The summed E-state index contributed by atoms with van der Waals surface area (Å²) in [5.74, 6) is 1.29. The van der Waals surface area contributed by atoms with Crippen LogP contribution in [0.3, 0.4) is 0 Å². The molecule has 140 valence electrons. The number of thioether (sulfide) groups is 1. The molecule has 3 heterocycles. The first-order valence-corrected chi connectivity index (χ1v) is 11.4. The van der Waals surface area contributed by atoms with Crippen LogP contribution >= 0.6 is 23.1 Å². The summed E-state index contributed by atoms with van der Waals surface area (Å²) in [6, 6.07) is 4.74. The lowest BCUT2D eigenvalue weighted by atomic mass is 10.2. The van der Waals surface area contributed by atoms with Crippen LogP contribution in [-0.4, -0.2) is 43.9 Å². The van der Waals surface area contributed by atoms with Crippen molar-refractivity contribution >= 4 is 29.0 Å². The molecule has 1 atom stereocenters. The number of hydrogen-bond acceptors (Lipinski definition) is 5. The molecule has 0 bridgehead atoms. The minimum atomic E-state index is -0.107. The highest BCUT2D eigenvalue weighted by Gasteiger charge is 2.32. The summed E-state index contributed by atoms with van der Waals surface area (Å²) in [4.78, 5) is 16.2. The lowest BCUT2D eigenvalue weighted by Gasteiger charge is -2.23. The quantitative estimate of drug-likeness (QED) is 0.695. The Bertz CT molecular complexity index is 731. The maximum Gasteiger partial charge on any atom is 0.235 e. The Hall–Kier alpha value is -1.34. The van der Waals surface area contributed by atoms with Crippen molar-refractivity contribution in [3.05, 3.63) is 28.2 Å². The second-order valence-electron chi connectivity index (χ2n) is 7.26. The van der Waals surface area contributed by atoms with Gasteiger partial charge in [0.1, 0.15) is 5.82 Å². The van der Waals surface area contributed by atoms with Gasteiger partial charge in [-0.25, -0.2) is 0 Å². The van der Waals surface area contributed by atoms with Crippen molar-refractivity contribution in [1.82, 2.24) is 19.7 Å². The van der Waals surface area contributed by atoms with Crippen LogP contribution in [0, 0.1) is 0 Å². The molecular weight excluding hydrogens is 364 g/mol. The summed E-state index contributed by atoms with van der Waals surface area (Å²) in [6.07, 6.45) is 7.96. The molecule has 1 aliphatic heterocycles. The van der Waals surface area contributed by atoms with E-state index in [1.165, 1.54) is 30.6 Å². The smallest absolute Gasteiger partial charge is 0.235 e. The standard InChI is InChI=1S/C19H26N4OS2/c1-14(18(24)22-10-4-2-3-5-11-22)26-19-21-20-17(23(19)15-8-9-15)13-16-7-6-12-25-16/h6-7,12,14-15H,2-5,8-11,13H2,1H3/t14-/m0/s1. The highest BCUT2D eigenvalue weighted by Crippen LogP contribution is 2.40. The first-order chi connectivity index (χ1) is 12.7. The van der Waals surface area contributed by atoms with Gasteiger partial charge in [0.05, 0.1) is 5.25 Å². The van der Waals surface area contributed by atoms with E-state index in [-0.39, 0.29) is 11.2 Å². The number of hydrogen-bond donors (Lipinski definition) is 0. The molecule has 0 radical (unpaired) electrons. The Morgan fingerprint density at radius 3 is 2.69 bits per heavy atom. The fraction of sp³-hybridized carbons (Fsp3) is 0.632. The van der Waals surface area contributed by atoms with Gasteiger partial charge in [-0.05, 0) is 44.1 Å². The van der Waals surface area contributed by atoms with Gasteiger partial charge in [-0.3, -0.25) is 4.79 Å². The van der Waals surface area contributed by atoms with Gasteiger partial charge in [0.25, 0.3) is 0 Å². The van der Waals surface area contributed by atoms with E-state index >= 15 is 0 Å². The molecule has 2 aliphatic rings. The number of aromatic nitrogens is 3. The van der Waals surface area contributed by atoms with E-state index in [9.17, 15) is 4.79 Å². The van der Waals surface area contributed by atoms with Crippen molar-refractivity contribution < 1.29 is 4.79 Å². The van der Waals surface area contributed by atoms with Crippen LogP contribution < -0.4 is 0 Å². The van der Waals surface area contributed by atoms with E-state index < -0.39 is 0 Å². The predicted octanol–water partition coefficient (Wildman–Crippen LogP) is 4.15. The molecule has 4 rings (SSSR count). The normalized spacial score (nSPS) is 19.3. The van der Waals surface area contributed by atoms with Crippen molar-refractivity contribution in [2.75, 3.05) is 13.1 Å². The fourth-order valence-electron chi connectivity index (χ4n) is 3.53. The van der Waals surface area contributed by atoms with Crippen LogP contribution in [-0.2, 0) is 11.2 Å². The number of carbonyl (C=O) groups is 1. The zero-order valence-electron chi connectivity index (χ0n) is 15.3. The molecule has 0 N–H and O–H groups in total. The molecule has 0 unspecified atom stereocenters. The summed E-state index contributed by atoms with van der Waals surface area (Å²) < 4.78 is 2.29. The van der Waals surface area contributed by atoms with Crippen LogP contribution in [0.25, 0.3) is 0 Å². The Kier molecular flexibility index (Phi) is 5.64.